The van der Waals surface area contributed by atoms with Crippen LogP contribution >= 0.6 is 15.9 Å². The molecule has 1 saturated carbocycles. The summed E-state index contributed by atoms with van der Waals surface area (Å²) < 4.78 is 34.9. The van der Waals surface area contributed by atoms with Gasteiger partial charge < -0.3 is 34.7 Å². The third-order valence-corrected chi connectivity index (χ3v) is 13.2. The van der Waals surface area contributed by atoms with Gasteiger partial charge in [0, 0.05) is 67.5 Å². The smallest absolute Gasteiger partial charge is 0.347 e. The summed E-state index contributed by atoms with van der Waals surface area (Å²) in [7, 11) is 0. The molecule has 0 saturated heterocycles. The summed E-state index contributed by atoms with van der Waals surface area (Å²) in [5, 5.41) is 27.8. The van der Waals surface area contributed by atoms with Crippen LogP contribution < -0.4 is 21.8 Å². The van der Waals surface area contributed by atoms with E-state index in [9.17, 15) is 47.8 Å². The molecule has 70 heavy (non-hydrogen) atoms. The number of aromatic nitrogens is 4. The summed E-state index contributed by atoms with van der Waals surface area (Å²) in [6.45, 7) is 2.64. The molecule has 7 aromatic rings. The second kappa shape index (κ2) is 19.7. The van der Waals surface area contributed by atoms with Crippen LogP contribution in [0.2, 0.25) is 0 Å². The van der Waals surface area contributed by atoms with E-state index in [0.717, 1.165) is 34.4 Å². The zero-order valence-electron chi connectivity index (χ0n) is 37.6. The third-order valence-electron chi connectivity index (χ3n) is 12.3. The van der Waals surface area contributed by atoms with E-state index in [1.165, 1.54) is 39.6 Å². The number of rotatable bonds is 12. The molecule has 4 aromatic heterocycles. The number of amides is 3. The standard InChI is InChI=1S/C29H23BrFN3O6.C22H21FN4O3/c1-2-40-29(39)21-25(35)23-24(22(30)17(15-32-23)14-16-8-10-18(31)11-9-16)33(28(21)38)12-5-13-34-26(36)19-6-3-4-7-20(19)27(34)37;23-14-4-2-12(3-5-14)10-13-11-25-18-19-17(13)24-8-1-9-27(19)22(30)16(20(18)28)21(29)26-15-6-7-15/h3-4,6-11,15,35H,2,5,12-14H2,1H3;2-5,11,15,24,28H,1,6-10H2,(H,26,29). The minimum Gasteiger partial charge on any atom is -0.505 e. The van der Waals surface area contributed by atoms with Crippen LogP contribution in [0.5, 0.6) is 11.5 Å². The number of aryl methyl sites for hydroxylation is 2. The number of ether oxygens (including phenoxy) is 1. The van der Waals surface area contributed by atoms with E-state index in [2.05, 4.69) is 36.5 Å². The summed E-state index contributed by atoms with van der Waals surface area (Å²) in [4.78, 5) is 87.5. The Morgan fingerprint density at radius 1 is 0.786 bits per heavy atom. The summed E-state index contributed by atoms with van der Waals surface area (Å²) in [5.74, 6) is -4.05. The van der Waals surface area contributed by atoms with Gasteiger partial charge >= 0.3 is 5.97 Å². The molecule has 16 nitrogen and oxygen atoms in total. The minimum absolute atomic E-state index is 0.00175. The van der Waals surface area contributed by atoms with Gasteiger partial charge in [-0.2, -0.15) is 0 Å². The largest absolute Gasteiger partial charge is 0.505 e. The average molecular weight is 1020 g/mol. The minimum atomic E-state index is -0.991. The number of hydrogen-bond acceptors (Lipinski definition) is 12. The van der Waals surface area contributed by atoms with Gasteiger partial charge in [-0.05, 0) is 102 Å². The van der Waals surface area contributed by atoms with Gasteiger partial charge in [-0.1, -0.05) is 36.4 Å². The van der Waals surface area contributed by atoms with Crippen LogP contribution in [0.4, 0.5) is 14.5 Å². The van der Waals surface area contributed by atoms with Crippen molar-refractivity contribution in [2.45, 2.75) is 64.6 Å². The Labute approximate surface area is 405 Å². The number of imide groups is 1. The topological polar surface area (TPSA) is 215 Å². The fourth-order valence-corrected chi connectivity index (χ4v) is 9.35. The fourth-order valence-electron chi connectivity index (χ4n) is 8.71. The highest BCUT2D eigenvalue weighted by Gasteiger charge is 2.35. The van der Waals surface area contributed by atoms with Gasteiger partial charge in [-0.3, -0.25) is 38.8 Å². The lowest BCUT2D eigenvalue weighted by molar-refractivity contribution is 0.0519. The maximum atomic E-state index is 13.6. The summed E-state index contributed by atoms with van der Waals surface area (Å²) in [6.07, 6.45) is 6.60. The molecular formula is C51H44BrF2N7O9. The van der Waals surface area contributed by atoms with E-state index < -0.39 is 46.1 Å². The number of carbonyl (C=O) groups excluding carboxylic acids is 4. The zero-order valence-corrected chi connectivity index (χ0v) is 39.1. The predicted molar refractivity (Wildman–Crippen MR) is 257 cm³/mol. The molecule has 358 valence electrons. The Morgan fingerprint density at radius 3 is 1.96 bits per heavy atom. The fraction of sp³-hybridized carbons (Fsp3) is 0.255. The Bertz CT molecular complexity index is 3360. The Kier molecular flexibility index (Phi) is 13.3. The van der Waals surface area contributed by atoms with Crippen molar-refractivity contribution in [1.82, 2.24) is 29.3 Å². The van der Waals surface area contributed by atoms with Crippen molar-refractivity contribution in [3.63, 3.8) is 0 Å². The third kappa shape index (κ3) is 9.11. The van der Waals surface area contributed by atoms with Gasteiger partial charge in [0.1, 0.15) is 28.2 Å². The number of aromatic hydroxyl groups is 2. The van der Waals surface area contributed by atoms with E-state index in [4.69, 9.17) is 4.74 Å². The molecule has 0 unspecified atom stereocenters. The lowest BCUT2D eigenvalue weighted by Crippen LogP contribution is -2.34. The van der Waals surface area contributed by atoms with Gasteiger partial charge in [-0.15, -0.1) is 0 Å². The highest BCUT2D eigenvalue weighted by atomic mass is 79.9. The normalized spacial score (nSPS) is 13.9. The Hall–Kier alpha value is -7.80. The number of carbonyl (C=O) groups is 4. The Morgan fingerprint density at radius 2 is 1.36 bits per heavy atom. The van der Waals surface area contributed by atoms with Crippen molar-refractivity contribution in [3.05, 3.63) is 167 Å². The highest BCUT2D eigenvalue weighted by molar-refractivity contribution is 9.10. The molecule has 6 heterocycles. The van der Waals surface area contributed by atoms with Gasteiger partial charge in [0.25, 0.3) is 28.8 Å². The number of esters is 1. The quantitative estimate of drug-likeness (QED) is 0.0720. The van der Waals surface area contributed by atoms with Crippen molar-refractivity contribution in [3.8, 4) is 11.5 Å². The lowest BCUT2D eigenvalue weighted by Gasteiger charge is -2.18. The van der Waals surface area contributed by atoms with Crippen LogP contribution in [0, 0.1) is 11.6 Å². The molecule has 3 aliphatic rings. The molecule has 0 atom stereocenters. The molecular weight excluding hydrogens is 973 g/mol. The van der Waals surface area contributed by atoms with E-state index in [1.807, 2.05) is 0 Å². The highest BCUT2D eigenvalue weighted by Crippen LogP contribution is 2.36. The van der Waals surface area contributed by atoms with Gasteiger partial charge in [-0.25, -0.2) is 13.6 Å². The predicted octanol–water partition coefficient (Wildman–Crippen LogP) is 7.00. The molecule has 3 amide bonds. The van der Waals surface area contributed by atoms with Gasteiger partial charge in [0.15, 0.2) is 17.1 Å². The second-order valence-corrected chi connectivity index (χ2v) is 17.8. The number of halogens is 3. The van der Waals surface area contributed by atoms with Crippen molar-refractivity contribution in [2.75, 3.05) is 25.0 Å². The first-order valence-electron chi connectivity index (χ1n) is 22.6. The maximum Gasteiger partial charge on any atom is 0.347 e. The maximum absolute atomic E-state index is 13.6. The number of nitrogens with zero attached hydrogens (tertiary/aromatic N) is 5. The SMILES string of the molecule is CCOC(=O)c1c(O)c2ncc(Cc3ccc(F)cc3)c(Br)c2n(CCCN2C(=O)c3ccccc3C2=O)c1=O.O=C(NC1CC1)c1c(O)c2ncc(Cc3ccc(F)cc3)c3c2n(c1=O)CCCN3. The van der Waals surface area contributed by atoms with Crippen molar-refractivity contribution < 1.29 is 42.9 Å². The van der Waals surface area contributed by atoms with Crippen LogP contribution in [0.25, 0.3) is 22.1 Å². The molecule has 2 aliphatic heterocycles. The number of nitrogens with one attached hydrogen (secondary N) is 2. The van der Waals surface area contributed by atoms with Crippen LogP contribution in [-0.4, -0.2) is 83.6 Å². The van der Waals surface area contributed by atoms with Gasteiger partial charge in [0.2, 0.25) is 0 Å². The summed E-state index contributed by atoms with van der Waals surface area (Å²) >= 11 is 3.54. The molecule has 3 aromatic carbocycles. The van der Waals surface area contributed by atoms with Crippen molar-refractivity contribution >= 4 is 67.4 Å². The van der Waals surface area contributed by atoms with Crippen LogP contribution in [0.1, 0.15) is 96.3 Å². The number of hydrogen-bond donors (Lipinski definition) is 4. The van der Waals surface area contributed by atoms with Crippen LogP contribution in [0.3, 0.4) is 0 Å². The second-order valence-electron chi connectivity index (χ2n) is 17.0. The molecule has 19 heteroatoms. The molecule has 0 spiro atoms. The first-order chi connectivity index (χ1) is 33.7. The van der Waals surface area contributed by atoms with E-state index in [0.29, 0.717) is 64.7 Å². The van der Waals surface area contributed by atoms with Gasteiger partial charge in [0.05, 0.1) is 34.5 Å². The van der Waals surface area contributed by atoms with E-state index in [-0.39, 0.29) is 71.7 Å². The van der Waals surface area contributed by atoms with E-state index in [1.54, 1.807) is 61.7 Å². The number of pyridine rings is 4. The number of anilines is 1. The summed E-state index contributed by atoms with van der Waals surface area (Å²) in [5.41, 5.74) is 3.36. The van der Waals surface area contributed by atoms with Crippen molar-refractivity contribution in [1.29, 1.82) is 0 Å². The van der Waals surface area contributed by atoms with E-state index >= 15 is 0 Å². The molecule has 4 N–H and O–H groups in total. The monoisotopic (exact) mass is 1020 g/mol. The van der Waals surface area contributed by atoms with Crippen LogP contribution in [-0.2, 0) is 30.7 Å². The zero-order chi connectivity index (χ0) is 49.4. The lowest BCUT2D eigenvalue weighted by atomic mass is 10.0. The number of fused-ring (bicyclic) bond motifs is 2. The first kappa shape index (κ1) is 47.3. The molecule has 10 rings (SSSR count). The number of benzene rings is 3. The average Bonchev–Trinajstić information content (AvgIpc) is 4.17. The molecule has 0 radical (unpaired) electrons. The van der Waals surface area contributed by atoms with Crippen molar-refractivity contribution in [2.24, 2.45) is 0 Å². The molecule has 1 aliphatic carbocycles. The summed E-state index contributed by atoms with van der Waals surface area (Å²) in [6, 6.07) is 18.8. The molecule has 1 fully saturated rings. The first-order valence-corrected chi connectivity index (χ1v) is 23.4. The van der Waals surface area contributed by atoms with Crippen LogP contribution in [0.15, 0.2) is 99.3 Å². The Balaban J connectivity index is 0.000000181. The molecule has 0 bridgehead atoms.